The molecule has 0 spiro atoms. The van der Waals surface area contributed by atoms with Gasteiger partial charge >= 0.3 is 5.97 Å². The fourth-order valence-corrected chi connectivity index (χ4v) is 4.10. The first-order valence-electron chi connectivity index (χ1n) is 10.5. The number of amides is 1. The van der Waals surface area contributed by atoms with Crippen LogP contribution >= 0.6 is 0 Å². The Kier molecular flexibility index (Phi) is 5.84. The summed E-state index contributed by atoms with van der Waals surface area (Å²) in [6, 6.07) is 14.2. The van der Waals surface area contributed by atoms with Crippen LogP contribution in [-0.2, 0) is 9.53 Å². The predicted octanol–water partition coefficient (Wildman–Crippen LogP) is 3.11. The van der Waals surface area contributed by atoms with Crippen LogP contribution in [-0.4, -0.2) is 46.0 Å². The van der Waals surface area contributed by atoms with Gasteiger partial charge in [-0.15, -0.1) is 0 Å². The second kappa shape index (κ2) is 8.71. The lowest BCUT2D eigenvalue weighted by Gasteiger charge is -2.31. The molecular formula is C24H25N3O4. The fraction of sp³-hybridized carbons (Fsp3) is 0.333. The number of hydrogen-bond donors (Lipinski definition) is 0. The number of esters is 1. The summed E-state index contributed by atoms with van der Waals surface area (Å²) in [6.07, 6.45) is 1.50. The van der Waals surface area contributed by atoms with Gasteiger partial charge in [-0.05, 0) is 63.1 Å². The van der Waals surface area contributed by atoms with Crippen molar-refractivity contribution in [3.05, 3.63) is 70.3 Å². The van der Waals surface area contributed by atoms with Crippen LogP contribution in [0.5, 0.6) is 0 Å². The Morgan fingerprint density at radius 2 is 1.87 bits per heavy atom. The third-order valence-electron chi connectivity index (χ3n) is 5.64. The van der Waals surface area contributed by atoms with E-state index in [1.165, 1.54) is 0 Å². The number of fused-ring (bicyclic) bond motifs is 1. The smallest absolute Gasteiger partial charge is 0.310 e. The standard InChI is InChI=1S/C24H25N3O4/c1-3-31-24(30)18-7-6-14-26(15-18)22(28)17-10-12-19(13-11-17)27-16(2)25-21-9-5-4-8-20(21)23(27)29/h4-5,8-13,18H,3,6-7,14-15H2,1-2H3/t18-/m0/s1. The zero-order valence-electron chi connectivity index (χ0n) is 17.7. The molecule has 0 N–H and O–H groups in total. The molecule has 1 fully saturated rings. The lowest BCUT2D eigenvalue weighted by molar-refractivity contribution is -0.149. The SMILES string of the molecule is CCOC(=O)[C@H]1CCCN(C(=O)c2ccc(-n3c(C)nc4ccccc4c3=O)cc2)C1. The van der Waals surface area contributed by atoms with Crippen LogP contribution in [0.2, 0.25) is 0 Å². The molecule has 1 aromatic heterocycles. The summed E-state index contributed by atoms with van der Waals surface area (Å²) in [5, 5.41) is 0.548. The van der Waals surface area contributed by atoms with E-state index in [1.54, 1.807) is 53.6 Å². The first-order chi connectivity index (χ1) is 15.0. The highest BCUT2D eigenvalue weighted by molar-refractivity contribution is 5.94. The van der Waals surface area contributed by atoms with Crippen LogP contribution in [0, 0.1) is 12.8 Å². The normalized spacial score (nSPS) is 16.3. The van der Waals surface area contributed by atoms with Crippen molar-refractivity contribution in [2.75, 3.05) is 19.7 Å². The summed E-state index contributed by atoms with van der Waals surface area (Å²) in [7, 11) is 0. The van der Waals surface area contributed by atoms with E-state index in [9.17, 15) is 14.4 Å². The van der Waals surface area contributed by atoms with Crippen LogP contribution in [0.25, 0.3) is 16.6 Å². The number of para-hydroxylation sites is 1. The lowest BCUT2D eigenvalue weighted by Crippen LogP contribution is -2.42. The Balaban J connectivity index is 1.58. The summed E-state index contributed by atoms with van der Waals surface area (Å²) >= 11 is 0. The maximum atomic E-state index is 13.0. The van der Waals surface area contributed by atoms with Crippen LogP contribution in [0.15, 0.2) is 53.3 Å². The van der Waals surface area contributed by atoms with E-state index in [-0.39, 0.29) is 23.4 Å². The topological polar surface area (TPSA) is 81.5 Å². The molecule has 0 aliphatic carbocycles. The van der Waals surface area contributed by atoms with E-state index in [0.29, 0.717) is 47.7 Å². The molecule has 2 heterocycles. The first-order valence-corrected chi connectivity index (χ1v) is 10.5. The van der Waals surface area contributed by atoms with Gasteiger partial charge in [0.15, 0.2) is 0 Å². The third-order valence-corrected chi connectivity index (χ3v) is 5.64. The summed E-state index contributed by atoms with van der Waals surface area (Å²) in [5.74, 6) is -0.0619. The van der Waals surface area contributed by atoms with Gasteiger partial charge in [0.1, 0.15) is 5.82 Å². The molecule has 0 bridgehead atoms. The molecule has 7 heteroatoms. The average molecular weight is 419 g/mol. The van der Waals surface area contributed by atoms with Crippen molar-refractivity contribution in [3.8, 4) is 5.69 Å². The Morgan fingerprint density at radius 3 is 2.61 bits per heavy atom. The summed E-state index contributed by atoms with van der Waals surface area (Å²) in [5.41, 5.74) is 1.69. The number of aryl methyl sites for hydroxylation is 1. The van der Waals surface area contributed by atoms with E-state index in [0.717, 1.165) is 12.8 Å². The van der Waals surface area contributed by atoms with Crippen molar-refractivity contribution in [1.29, 1.82) is 0 Å². The predicted molar refractivity (Wildman–Crippen MR) is 117 cm³/mol. The molecule has 31 heavy (non-hydrogen) atoms. The number of ether oxygens (including phenoxy) is 1. The molecule has 160 valence electrons. The molecule has 0 unspecified atom stereocenters. The molecule has 0 saturated carbocycles. The molecular weight excluding hydrogens is 394 g/mol. The molecule has 3 aromatic rings. The number of rotatable bonds is 4. The van der Waals surface area contributed by atoms with Gasteiger partial charge in [-0.25, -0.2) is 4.98 Å². The van der Waals surface area contributed by atoms with Crippen LogP contribution in [0.3, 0.4) is 0 Å². The molecule has 0 radical (unpaired) electrons. The number of hydrogen-bond acceptors (Lipinski definition) is 5. The highest BCUT2D eigenvalue weighted by Gasteiger charge is 2.29. The molecule has 1 aliphatic heterocycles. The van der Waals surface area contributed by atoms with Crippen molar-refractivity contribution >= 4 is 22.8 Å². The number of piperidine rings is 1. The quantitative estimate of drug-likeness (QED) is 0.607. The highest BCUT2D eigenvalue weighted by atomic mass is 16.5. The molecule has 1 saturated heterocycles. The van der Waals surface area contributed by atoms with Gasteiger partial charge in [0.25, 0.3) is 11.5 Å². The highest BCUT2D eigenvalue weighted by Crippen LogP contribution is 2.21. The maximum absolute atomic E-state index is 13.0. The van der Waals surface area contributed by atoms with Crippen molar-refractivity contribution in [2.45, 2.75) is 26.7 Å². The van der Waals surface area contributed by atoms with Gasteiger partial charge < -0.3 is 9.64 Å². The number of carbonyl (C=O) groups excluding carboxylic acids is 2. The lowest BCUT2D eigenvalue weighted by atomic mass is 9.97. The Labute approximate surface area is 180 Å². The second-order valence-electron chi connectivity index (χ2n) is 7.71. The maximum Gasteiger partial charge on any atom is 0.310 e. The van der Waals surface area contributed by atoms with Gasteiger partial charge in [0.05, 0.1) is 29.1 Å². The Hall–Kier alpha value is -3.48. The van der Waals surface area contributed by atoms with Crippen LogP contribution < -0.4 is 5.56 Å². The zero-order chi connectivity index (χ0) is 22.0. The summed E-state index contributed by atoms with van der Waals surface area (Å²) in [4.78, 5) is 44.2. The van der Waals surface area contributed by atoms with Gasteiger partial charge in [-0.1, -0.05) is 12.1 Å². The molecule has 1 amide bonds. The summed E-state index contributed by atoms with van der Waals surface area (Å²) < 4.78 is 6.67. The minimum absolute atomic E-state index is 0.124. The van der Waals surface area contributed by atoms with E-state index in [4.69, 9.17) is 4.74 Å². The number of nitrogens with zero attached hydrogens (tertiary/aromatic N) is 3. The van der Waals surface area contributed by atoms with Crippen molar-refractivity contribution in [1.82, 2.24) is 14.5 Å². The van der Waals surface area contributed by atoms with E-state index in [2.05, 4.69) is 4.98 Å². The molecule has 1 atom stereocenters. The summed E-state index contributed by atoms with van der Waals surface area (Å²) in [6.45, 7) is 4.89. The minimum atomic E-state index is -0.276. The van der Waals surface area contributed by atoms with Crippen molar-refractivity contribution < 1.29 is 14.3 Å². The number of likely N-dealkylation sites (tertiary alicyclic amines) is 1. The van der Waals surface area contributed by atoms with E-state index >= 15 is 0 Å². The molecule has 2 aromatic carbocycles. The largest absolute Gasteiger partial charge is 0.466 e. The van der Waals surface area contributed by atoms with Gasteiger partial charge in [0, 0.05) is 18.7 Å². The van der Waals surface area contributed by atoms with E-state index < -0.39 is 0 Å². The fourth-order valence-electron chi connectivity index (χ4n) is 4.10. The zero-order valence-corrected chi connectivity index (χ0v) is 17.7. The van der Waals surface area contributed by atoms with Gasteiger partial charge in [-0.2, -0.15) is 0 Å². The molecule has 1 aliphatic rings. The second-order valence-corrected chi connectivity index (χ2v) is 7.71. The molecule has 4 rings (SSSR count). The van der Waals surface area contributed by atoms with E-state index in [1.807, 2.05) is 18.2 Å². The Morgan fingerprint density at radius 1 is 1.13 bits per heavy atom. The van der Waals surface area contributed by atoms with Gasteiger partial charge in [-0.3, -0.25) is 19.0 Å². The minimum Gasteiger partial charge on any atom is -0.466 e. The number of aromatic nitrogens is 2. The Bertz CT molecular complexity index is 1180. The average Bonchev–Trinajstić information content (AvgIpc) is 2.79. The number of carbonyl (C=O) groups is 2. The monoisotopic (exact) mass is 419 g/mol. The first kappa shape index (κ1) is 20.8. The van der Waals surface area contributed by atoms with Crippen molar-refractivity contribution in [3.63, 3.8) is 0 Å². The van der Waals surface area contributed by atoms with Gasteiger partial charge in [0.2, 0.25) is 0 Å². The van der Waals surface area contributed by atoms with Crippen LogP contribution in [0.1, 0.15) is 35.9 Å². The van der Waals surface area contributed by atoms with Crippen LogP contribution in [0.4, 0.5) is 0 Å². The third kappa shape index (κ3) is 4.08. The molecule has 7 nitrogen and oxygen atoms in total. The number of benzene rings is 2. The van der Waals surface area contributed by atoms with Crippen molar-refractivity contribution in [2.24, 2.45) is 5.92 Å².